The predicted octanol–water partition coefficient (Wildman–Crippen LogP) is 5.27. The van der Waals surface area contributed by atoms with Gasteiger partial charge in [-0.3, -0.25) is 19.7 Å². The summed E-state index contributed by atoms with van der Waals surface area (Å²) in [6, 6.07) is 19.3. The number of carbonyl (C=O) groups is 2. The molecule has 0 saturated carbocycles. The zero-order valence-electron chi connectivity index (χ0n) is 16.2. The Balaban J connectivity index is 1.46. The van der Waals surface area contributed by atoms with Crippen LogP contribution in [0.3, 0.4) is 0 Å². The average Bonchev–Trinajstić information content (AvgIpc) is 3.30. The Morgan fingerprint density at radius 2 is 1.77 bits per heavy atom. The molecule has 2 heterocycles. The molecule has 6 nitrogen and oxygen atoms in total. The molecule has 0 unspecified atom stereocenters. The van der Waals surface area contributed by atoms with Crippen molar-refractivity contribution < 1.29 is 9.59 Å². The van der Waals surface area contributed by atoms with E-state index in [0.717, 1.165) is 11.1 Å². The molecule has 2 aromatic carbocycles. The van der Waals surface area contributed by atoms with Crippen LogP contribution in [0, 0.1) is 0 Å². The molecular formula is C24H17ClN4O2. The lowest BCUT2D eigenvalue weighted by molar-refractivity contribution is 0.101. The van der Waals surface area contributed by atoms with E-state index in [1.807, 2.05) is 30.3 Å². The van der Waals surface area contributed by atoms with E-state index in [2.05, 4.69) is 20.5 Å². The first-order chi connectivity index (χ1) is 15.1. The summed E-state index contributed by atoms with van der Waals surface area (Å²) in [5.74, 6) is -0.554. The molecule has 0 aliphatic heterocycles. The maximum Gasteiger partial charge on any atom is 0.273 e. The molecule has 7 heteroatoms. The number of hydrogen-bond donors (Lipinski definition) is 2. The quantitative estimate of drug-likeness (QED) is 0.323. The predicted molar refractivity (Wildman–Crippen MR) is 121 cm³/mol. The summed E-state index contributed by atoms with van der Waals surface area (Å²) >= 11 is 6.11. The third-order valence-electron chi connectivity index (χ3n) is 4.52. The Morgan fingerprint density at radius 3 is 2.58 bits per heavy atom. The molecule has 31 heavy (non-hydrogen) atoms. The first kappa shape index (κ1) is 20.3. The van der Waals surface area contributed by atoms with Gasteiger partial charge in [0.15, 0.2) is 5.78 Å². The maximum atomic E-state index is 12.6. The first-order valence-electron chi connectivity index (χ1n) is 9.44. The van der Waals surface area contributed by atoms with Gasteiger partial charge in [-0.1, -0.05) is 41.9 Å². The normalized spacial score (nSPS) is 10.9. The van der Waals surface area contributed by atoms with Crippen molar-refractivity contribution >= 4 is 35.1 Å². The number of nitrogens with one attached hydrogen (secondary N) is 2. The minimum atomic E-state index is -0.357. The molecule has 4 rings (SSSR count). The molecule has 2 aromatic heterocycles. The van der Waals surface area contributed by atoms with Crippen LogP contribution in [0.1, 0.15) is 26.4 Å². The highest BCUT2D eigenvalue weighted by Crippen LogP contribution is 2.19. The number of rotatable bonds is 6. The summed E-state index contributed by atoms with van der Waals surface area (Å²) in [6.07, 6.45) is 6.44. The van der Waals surface area contributed by atoms with Gasteiger partial charge in [-0.25, -0.2) is 0 Å². The number of halogens is 1. The Bertz CT molecular complexity index is 1270. The van der Waals surface area contributed by atoms with E-state index in [1.165, 1.54) is 6.08 Å². The van der Waals surface area contributed by atoms with Crippen molar-refractivity contribution in [2.24, 2.45) is 0 Å². The molecule has 0 fully saturated rings. The standard InChI is InChI=1S/C24H17ClN4O2/c25-20-7-2-1-4-16(20)8-9-23(30)18-5-3-6-19(14-18)27-24(31)22-15-21(28-29-22)17-10-12-26-13-11-17/h1-15H,(H,27,31)(H,28,29)/b9-8+. The van der Waals surface area contributed by atoms with Crippen molar-refractivity contribution in [3.63, 3.8) is 0 Å². The Hall–Kier alpha value is -4.03. The second-order valence-corrected chi connectivity index (χ2v) is 7.06. The molecule has 1 amide bonds. The minimum Gasteiger partial charge on any atom is -0.321 e. The summed E-state index contributed by atoms with van der Waals surface area (Å²) in [7, 11) is 0. The van der Waals surface area contributed by atoms with Crippen LogP contribution in [0.15, 0.2) is 85.2 Å². The number of H-pyrrole nitrogens is 1. The molecule has 0 radical (unpaired) electrons. The lowest BCUT2D eigenvalue weighted by Crippen LogP contribution is -2.12. The summed E-state index contributed by atoms with van der Waals surface area (Å²) < 4.78 is 0. The van der Waals surface area contributed by atoms with E-state index in [0.29, 0.717) is 27.7 Å². The number of aromatic nitrogens is 3. The van der Waals surface area contributed by atoms with Crippen LogP contribution < -0.4 is 5.32 Å². The van der Waals surface area contributed by atoms with Crippen LogP contribution in [-0.2, 0) is 0 Å². The number of pyridine rings is 1. The second kappa shape index (κ2) is 9.19. The zero-order chi connectivity index (χ0) is 21.6. The highest BCUT2D eigenvalue weighted by Gasteiger charge is 2.12. The first-order valence-corrected chi connectivity index (χ1v) is 9.82. The molecule has 0 aliphatic rings. The van der Waals surface area contributed by atoms with E-state index >= 15 is 0 Å². The van der Waals surface area contributed by atoms with Crippen molar-refractivity contribution in [1.82, 2.24) is 15.2 Å². The number of benzene rings is 2. The highest BCUT2D eigenvalue weighted by atomic mass is 35.5. The van der Waals surface area contributed by atoms with Gasteiger partial charge in [0.25, 0.3) is 5.91 Å². The van der Waals surface area contributed by atoms with E-state index < -0.39 is 0 Å². The largest absolute Gasteiger partial charge is 0.321 e. The fourth-order valence-corrected chi connectivity index (χ4v) is 3.13. The van der Waals surface area contributed by atoms with Crippen LogP contribution in [0.2, 0.25) is 5.02 Å². The summed E-state index contributed by atoms with van der Waals surface area (Å²) in [5, 5.41) is 10.2. The number of allylic oxidation sites excluding steroid dienone is 1. The Kier molecular flexibility index (Phi) is 6.01. The molecule has 0 saturated heterocycles. The van der Waals surface area contributed by atoms with Gasteiger partial charge in [0, 0.05) is 34.2 Å². The number of anilines is 1. The molecule has 2 N–H and O–H groups in total. The summed E-state index contributed by atoms with van der Waals surface area (Å²) in [4.78, 5) is 29.1. The van der Waals surface area contributed by atoms with Crippen molar-refractivity contribution in [2.45, 2.75) is 0 Å². The zero-order valence-corrected chi connectivity index (χ0v) is 17.0. The van der Waals surface area contributed by atoms with Crippen LogP contribution in [0.25, 0.3) is 17.3 Å². The van der Waals surface area contributed by atoms with E-state index in [1.54, 1.807) is 54.9 Å². The lowest BCUT2D eigenvalue weighted by atomic mass is 10.1. The number of nitrogens with zero attached hydrogens (tertiary/aromatic N) is 2. The number of ketones is 1. The van der Waals surface area contributed by atoms with Gasteiger partial charge in [0.05, 0.1) is 5.69 Å². The van der Waals surface area contributed by atoms with Crippen molar-refractivity contribution in [3.05, 3.63) is 107 Å². The van der Waals surface area contributed by atoms with Gasteiger partial charge in [0.1, 0.15) is 5.69 Å². The van der Waals surface area contributed by atoms with Gasteiger partial charge < -0.3 is 5.32 Å². The Morgan fingerprint density at radius 1 is 0.968 bits per heavy atom. The second-order valence-electron chi connectivity index (χ2n) is 6.66. The van der Waals surface area contributed by atoms with E-state index in [-0.39, 0.29) is 11.7 Å². The third-order valence-corrected chi connectivity index (χ3v) is 4.87. The number of amides is 1. The van der Waals surface area contributed by atoms with Crippen LogP contribution in [-0.4, -0.2) is 26.9 Å². The van der Waals surface area contributed by atoms with Crippen LogP contribution in [0.4, 0.5) is 5.69 Å². The smallest absolute Gasteiger partial charge is 0.273 e. The van der Waals surface area contributed by atoms with Crippen molar-refractivity contribution in [2.75, 3.05) is 5.32 Å². The maximum absolute atomic E-state index is 12.6. The SMILES string of the molecule is O=C(/C=C/c1ccccc1Cl)c1cccc(NC(=O)c2cc(-c3ccncc3)n[nH]2)c1. The van der Waals surface area contributed by atoms with Crippen LogP contribution >= 0.6 is 11.6 Å². The molecule has 4 aromatic rings. The number of aromatic amines is 1. The van der Waals surface area contributed by atoms with E-state index in [4.69, 9.17) is 11.6 Å². The monoisotopic (exact) mass is 428 g/mol. The van der Waals surface area contributed by atoms with Gasteiger partial charge >= 0.3 is 0 Å². The number of carbonyl (C=O) groups excluding carboxylic acids is 2. The molecule has 0 aliphatic carbocycles. The molecule has 0 bridgehead atoms. The van der Waals surface area contributed by atoms with Gasteiger partial charge in [-0.2, -0.15) is 5.10 Å². The lowest BCUT2D eigenvalue weighted by Gasteiger charge is -2.05. The van der Waals surface area contributed by atoms with Crippen molar-refractivity contribution in [1.29, 1.82) is 0 Å². The summed E-state index contributed by atoms with van der Waals surface area (Å²) in [5.41, 5.74) is 3.50. The van der Waals surface area contributed by atoms with Gasteiger partial charge in [-0.05, 0) is 54.1 Å². The summed E-state index contributed by atoms with van der Waals surface area (Å²) in [6.45, 7) is 0. The van der Waals surface area contributed by atoms with Gasteiger partial charge in [-0.15, -0.1) is 0 Å². The molecule has 152 valence electrons. The fourth-order valence-electron chi connectivity index (χ4n) is 2.93. The fraction of sp³-hybridized carbons (Fsp3) is 0. The molecule has 0 atom stereocenters. The van der Waals surface area contributed by atoms with Crippen molar-refractivity contribution in [3.8, 4) is 11.3 Å². The van der Waals surface area contributed by atoms with Gasteiger partial charge in [0.2, 0.25) is 0 Å². The molecular weight excluding hydrogens is 412 g/mol. The highest BCUT2D eigenvalue weighted by molar-refractivity contribution is 6.32. The topological polar surface area (TPSA) is 87.7 Å². The third kappa shape index (κ3) is 4.94. The Labute approximate surface area is 183 Å². The molecule has 0 spiro atoms. The van der Waals surface area contributed by atoms with Crippen LogP contribution in [0.5, 0.6) is 0 Å². The minimum absolute atomic E-state index is 0.197. The number of hydrogen-bond acceptors (Lipinski definition) is 4. The van der Waals surface area contributed by atoms with E-state index in [9.17, 15) is 9.59 Å². The average molecular weight is 429 g/mol.